The second-order valence-corrected chi connectivity index (χ2v) is 3.16. The first-order valence-corrected chi connectivity index (χ1v) is 4.13. The number of hydrogen-bond acceptors (Lipinski definition) is 2. The summed E-state index contributed by atoms with van der Waals surface area (Å²) in [6.45, 7) is 1.32. The van der Waals surface area contributed by atoms with E-state index in [1.54, 1.807) is 6.92 Å². The predicted molar refractivity (Wildman–Crippen MR) is 45.6 cm³/mol. The number of carbonyl (C=O) groups excluding carboxylic acids is 1. The molecular formula is C9H12FNO2. The van der Waals surface area contributed by atoms with E-state index in [1.807, 2.05) is 0 Å². The van der Waals surface area contributed by atoms with Crippen LogP contribution in [0.3, 0.4) is 0 Å². The Morgan fingerprint density at radius 1 is 1.77 bits per heavy atom. The van der Waals surface area contributed by atoms with Crippen LogP contribution in [0, 0.1) is 11.8 Å². The smallest absolute Gasteiger partial charge is 0.298 e. The van der Waals surface area contributed by atoms with Crippen molar-refractivity contribution in [2.24, 2.45) is 0 Å². The van der Waals surface area contributed by atoms with Crippen LogP contribution in [0.1, 0.15) is 13.3 Å². The van der Waals surface area contributed by atoms with Crippen LogP contribution >= 0.6 is 0 Å². The highest BCUT2D eigenvalue weighted by atomic mass is 19.1. The molecule has 1 heterocycles. The number of rotatable bonds is 1. The molecule has 3 nitrogen and oxygen atoms in total. The van der Waals surface area contributed by atoms with E-state index >= 15 is 0 Å². The van der Waals surface area contributed by atoms with E-state index in [-0.39, 0.29) is 18.9 Å². The average molecular weight is 185 g/mol. The van der Waals surface area contributed by atoms with Gasteiger partial charge in [-0.3, -0.25) is 4.79 Å². The number of aliphatic hydroxyl groups excluding tert-OH is 1. The fourth-order valence-electron chi connectivity index (χ4n) is 1.32. The predicted octanol–water partition coefficient (Wildman–Crippen LogP) is -0.0574. The lowest BCUT2D eigenvalue weighted by molar-refractivity contribution is -0.124. The summed E-state index contributed by atoms with van der Waals surface area (Å²) in [5.74, 6) is 4.44. The molecular weight excluding hydrogens is 173 g/mol. The van der Waals surface area contributed by atoms with E-state index in [0.29, 0.717) is 6.54 Å². The third-order valence-electron chi connectivity index (χ3n) is 2.11. The number of hydrogen-bond donors (Lipinski definition) is 1. The molecule has 1 unspecified atom stereocenters. The molecule has 1 fully saturated rings. The van der Waals surface area contributed by atoms with E-state index in [2.05, 4.69) is 11.8 Å². The van der Waals surface area contributed by atoms with Gasteiger partial charge in [0.05, 0.1) is 13.2 Å². The average Bonchev–Trinajstić information content (AvgIpc) is 2.50. The molecule has 0 aliphatic carbocycles. The van der Waals surface area contributed by atoms with Crippen molar-refractivity contribution < 1.29 is 14.3 Å². The lowest BCUT2D eigenvalue weighted by atomic mass is 10.1. The van der Waals surface area contributed by atoms with Crippen LogP contribution in [0.4, 0.5) is 4.39 Å². The summed E-state index contributed by atoms with van der Waals surface area (Å²) in [7, 11) is 0. The minimum atomic E-state index is -1.62. The number of halogens is 1. The lowest BCUT2D eigenvalue weighted by Crippen LogP contribution is -2.34. The molecule has 1 atom stereocenters. The van der Waals surface area contributed by atoms with Gasteiger partial charge in [0.25, 0.3) is 5.91 Å². The largest absolute Gasteiger partial charge is 0.393 e. The summed E-state index contributed by atoms with van der Waals surface area (Å²) < 4.78 is 13.4. The maximum Gasteiger partial charge on any atom is 0.298 e. The number of amides is 1. The highest BCUT2D eigenvalue weighted by molar-refractivity contribution is 5.93. The van der Waals surface area contributed by atoms with Crippen molar-refractivity contribution in [3.8, 4) is 11.8 Å². The van der Waals surface area contributed by atoms with Gasteiger partial charge in [-0.25, -0.2) is 4.39 Å². The zero-order chi connectivity index (χ0) is 9.90. The Morgan fingerprint density at radius 3 is 2.92 bits per heavy atom. The van der Waals surface area contributed by atoms with E-state index in [9.17, 15) is 9.18 Å². The summed E-state index contributed by atoms with van der Waals surface area (Å²) in [4.78, 5) is 12.5. The van der Waals surface area contributed by atoms with Gasteiger partial charge in [-0.1, -0.05) is 5.92 Å². The Bertz CT molecular complexity index is 269. The molecule has 1 N–H and O–H groups in total. The van der Waals surface area contributed by atoms with Crippen LogP contribution in [0.5, 0.6) is 0 Å². The van der Waals surface area contributed by atoms with E-state index in [0.717, 1.165) is 0 Å². The molecule has 1 aliphatic heterocycles. The van der Waals surface area contributed by atoms with Gasteiger partial charge in [0.2, 0.25) is 0 Å². The van der Waals surface area contributed by atoms with Gasteiger partial charge < -0.3 is 10.0 Å². The van der Waals surface area contributed by atoms with Crippen molar-refractivity contribution in [3.05, 3.63) is 0 Å². The van der Waals surface area contributed by atoms with Gasteiger partial charge in [0.15, 0.2) is 5.67 Å². The topological polar surface area (TPSA) is 40.5 Å². The fraction of sp³-hybridized carbons (Fsp3) is 0.667. The summed E-state index contributed by atoms with van der Waals surface area (Å²) in [6, 6.07) is 0. The molecule has 0 radical (unpaired) electrons. The van der Waals surface area contributed by atoms with Gasteiger partial charge in [-0.05, 0) is 12.8 Å². The molecule has 1 rings (SSSR count). The van der Waals surface area contributed by atoms with Crippen molar-refractivity contribution in [2.75, 3.05) is 19.7 Å². The van der Waals surface area contributed by atoms with Crippen LogP contribution in [-0.4, -0.2) is 41.3 Å². The minimum absolute atomic E-state index is 0.0446. The third-order valence-corrected chi connectivity index (χ3v) is 2.11. The second kappa shape index (κ2) is 3.75. The van der Waals surface area contributed by atoms with Crippen LogP contribution in [0.15, 0.2) is 0 Å². The van der Waals surface area contributed by atoms with Crippen molar-refractivity contribution in [1.29, 1.82) is 0 Å². The molecule has 0 spiro atoms. The summed E-state index contributed by atoms with van der Waals surface area (Å²) in [5, 5.41) is 8.71. The quantitative estimate of drug-likeness (QED) is 0.581. The zero-order valence-electron chi connectivity index (χ0n) is 7.51. The molecule has 0 aromatic carbocycles. The first-order chi connectivity index (χ1) is 6.11. The third kappa shape index (κ3) is 2.19. The van der Waals surface area contributed by atoms with Crippen LogP contribution in [0.2, 0.25) is 0 Å². The van der Waals surface area contributed by atoms with Crippen molar-refractivity contribution >= 4 is 5.91 Å². The second-order valence-electron chi connectivity index (χ2n) is 3.16. The molecule has 1 saturated heterocycles. The number of aliphatic hydroxyl groups is 1. The lowest BCUT2D eigenvalue weighted by Gasteiger charge is -2.16. The molecule has 1 aliphatic rings. The molecule has 0 aromatic heterocycles. The van der Waals surface area contributed by atoms with Gasteiger partial charge >= 0.3 is 0 Å². The van der Waals surface area contributed by atoms with Crippen LogP contribution in [0.25, 0.3) is 0 Å². The molecule has 1 amide bonds. The van der Waals surface area contributed by atoms with Crippen molar-refractivity contribution in [2.45, 2.75) is 19.0 Å². The maximum atomic E-state index is 13.4. The van der Waals surface area contributed by atoms with Gasteiger partial charge in [0.1, 0.15) is 0 Å². The molecule has 72 valence electrons. The van der Waals surface area contributed by atoms with Gasteiger partial charge in [0, 0.05) is 13.0 Å². The highest BCUT2D eigenvalue weighted by Crippen LogP contribution is 2.24. The molecule has 13 heavy (non-hydrogen) atoms. The summed E-state index contributed by atoms with van der Waals surface area (Å²) in [5.41, 5.74) is -1.62. The molecule has 0 bridgehead atoms. The highest BCUT2D eigenvalue weighted by Gasteiger charge is 2.39. The molecule has 4 heteroatoms. The SMILES string of the molecule is CC#CC(=O)N1CCC(F)(CO)C1. The molecule has 0 saturated carbocycles. The van der Waals surface area contributed by atoms with Gasteiger partial charge in [-0.15, -0.1) is 0 Å². The first-order valence-electron chi connectivity index (χ1n) is 4.13. The Labute approximate surface area is 76.5 Å². The maximum absolute atomic E-state index is 13.4. The van der Waals surface area contributed by atoms with E-state index in [4.69, 9.17) is 5.11 Å². The summed E-state index contributed by atoms with van der Waals surface area (Å²) >= 11 is 0. The standard InChI is InChI=1S/C9H12FNO2/c1-2-3-8(13)11-5-4-9(10,6-11)7-12/h12H,4-7H2,1H3. The minimum Gasteiger partial charge on any atom is -0.393 e. The van der Waals surface area contributed by atoms with Crippen LogP contribution < -0.4 is 0 Å². The Kier molecular flexibility index (Phi) is 2.89. The normalized spacial score (nSPS) is 26.8. The number of likely N-dealkylation sites (tertiary alicyclic amines) is 1. The van der Waals surface area contributed by atoms with Gasteiger partial charge in [-0.2, -0.15) is 0 Å². The zero-order valence-corrected chi connectivity index (χ0v) is 7.51. The number of carbonyl (C=O) groups is 1. The van der Waals surface area contributed by atoms with Crippen LogP contribution in [-0.2, 0) is 4.79 Å². The van der Waals surface area contributed by atoms with E-state index < -0.39 is 12.3 Å². The van der Waals surface area contributed by atoms with E-state index in [1.165, 1.54) is 4.90 Å². The van der Waals surface area contributed by atoms with Crippen molar-refractivity contribution in [3.63, 3.8) is 0 Å². The Hall–Kier alpha value is -1.08. The summed E-state index contributed by atoms with van der Waals surface area (Å²) in [6.07, 6.45) is 0.195. The first kappa shape index (κ1) is 10.0. The fourth-order valence-corrected chi connectivity index (χ4v) is 1.32. The Balaban J connectivity index is 2.58. The Morgan fingerprint density at radius 2 is 2.46 bits per heavy atom. The monoisotopic (exact) mass is 185 g/mol. The van der Waals surface area contributed by atoms with Crippen molar-refractivity contribution in [1.82, 2.24) is 4.90 Å². The number of nitrogens with zero attached hydrogens (tertiary/aromatic N) is 1. The molecule has 0 aromatic rings. The number of alkyl halides is 1.